The average Bonchev–Trinajstić information content (AvgIpc) is 3.00. The van der Waals surface area contributed by atoms with Gasteiger partial charge in [0, 0.05) is 19.3 Å². The quantitative estimate of drug-likeness (QED) is 0.711. The van der Waals surface area contributed by atoms with Gasteiger partial charge in [-0.25, -0.2) is 0 Å². The highest BCUT2D eigenvalue weighted by molar-refractivity contribution is 5.49. The van der Waals surface area contributed by atoms with E-state index in [1.807, 2.05) is 0 Å². The SMILES string of the molecule is O=CCCC1C2(CCCC13OCCO3)OCCO2. The second kappa shape index (κ2) is 4.89. The van der Waals surface area contributed by atoms with Gasteiger partial charge in [0.15, 0.2) is 11.6 Å². The predicted molar refractivity (Wildman–Crippen MR) is 61.9 cm³/mol. The summed E-state index contributed by atoms with van der Waals surface area (Å²) in [5.74, 6) is -1.19. The van der Waals surface area contributed by atoms with Crippen molar-refractivity contribution in [2.45, 2.75) is 43.7 Å². The van der Waals surface area contributed by atoms with E-state index in [4.69, 9.17) is 18.9 Å². The van der Waals surface area contributed by atoms with Gasteiger partial charge >= 0.3 is 0 Å². The van der Waals surface area contributed by atoms with Gasteiger partial charge in [0.1, 0.15) is 6.29 Å². The highest BCUT2D eigenvalue weighted by atomic mass is 16.8. The molecule has 0 aromatic heterocycles. The van der Waals surface area contributed by atoms with E-state index in [1.165, 1.54) is 0 Å². The fourth-order valence-corrected chi connectivity index (χ4v) is 3.57. The molecule has 3 rings (SSSR count). The number of hydrogen-bond acceptors (Lipinski definition) is 5. The van der Waals surface area contributed by atoms with Crippen LogP contribution in [0.4, 0.5) is 0 Å². The summed E-state index contributed by atoms with van der Waals surface area (Å²) in [6.45, 7) is 2.47. The fraction of sp³-hybridized carbons (Fsp3) is 0.923. The Morgan fingerprint density at radius 3 is 1.89 bits per heavy atom. The maximum absolute atomic E-state index is 10.7. The maximum atomic E-state index is 10.7. The van der Waals surface area contributed by atoms with Crippen LogP contribution in [0.1, 0.15) is 32.1 Å². The highest BCUT2D eigenvalue weighted by Gasteiger charge is 2.59. The van der Waals surface area contributed by atoms with E-state index in [9.17, 15) is 4.79 Å². The minimum atomic E-state index is -0.592. The molecule has 102 valence electrons. The van der Waals surface area contributed by atoms with E-state index >= 15 is 0 Å². The Hall–Kier alpha value is -0.490. The molecule has 0 amide bonds. The lowest BCUT2D eigenvalue weighted by Gasteiger charge is -2.48. The first-order chi connectivity index (χ1) is 8.81. The zero-order valence-corrected chi connectivity index (χ0v) is 10.6. The van der Waals surface area contributed by atoms with Gasteiger partial charge < -0.3 is 23.7 Å². The van der Waals surface area contributed by atoms with E-state index in [1.54, 1.807) is 0 Å². The first kappa shape index (κ1) is 12.5. The fourth-order valence-electron chi connectivity index (χ4n) is 3.57. The maximum Gasteiger partial charge on any atom is 0.176 e. The van der Waals surface area contributed by atoms with Crippen LogP contribution in [0.15, 0.2) is 0 Å². The Morgan fingerprint density at radius 1 is 0.944 bits per heavy atom. The van der Waals surface area contributed by atoms with Crippen molar-refractivity contribution in [2.24, 2.45) is 5.92 Å². The average molecular weight is 256 g/mol. The lowest BCUT2D eigenvalue weighted by molar-refractivity contribution is -0.318. The third-order valence-corrected chi connectivity index (χ3v) is 4.24. The standard InChI is InChI=1S/C13H20O5/c14-6-1-3-11-12(15-7-8-16-12)4-2-5-13(11)17-9-10-18-13/h6,11H,1-5,7-10H2. The van der Waals surface area contributed by atoms with Crippen molar-refractivity contribution in [3.8, 4) is 0 Å². The molecule has 5 heteroatoms. The Bertz CT molecular complexity index is 281. The minimum absolute atomic E-state index is 0.00560. The van der Waals surface area contributed by atoms with Gasteiger partial charge in [-0.2, -0.15) is 0 Å². The summed E-state index contributed by atoms with van der Waals surface area (Å²) >= 11 is 0. The van der Waals surface area contributed by atoms with Gasteiger partial charge in [0.05, 0.1) is 32.3 Å². The third-order valence-electron chi connectivity index (χ3n) is 4.24. The van der Waals surface area contributed by atoms with Crippen LogP contribution in [0.3, 0.4) is 0 Å². The van der Waals surface area contributed by atoms with Crippen LogP contribution in [-0.2, 0) is 23.7 Å². The van der Waals surface area contributed by atoms with Crippen molar-refractivity contribution in [1.82, 2.24) is 0 Å². The molecule has 5 nitrogen and oxygen atoms in total. The van der Waals surface area contributed by atoms with E-state index in [0.717, 1.165) is 25.5 Å². The van der Waals surface area contributed by atoms with Gasteiger partial charge in [-0.05, 0) is 12.8 Å². The van der Waals surface area contributed by atoms with Gasteiger partial charge in [0.2, 0.25) is 0 Å². The molecule has 1 aliphatic carbocycles. The summed E-state index contributed by atoms with van der Waals surface area (Å²) in [6, 6.07) is 0. The molecule has 2 saturated heterocycles. The van der Waals surface area contributed by atoms with Crippen molar-refractivity contribution in [1.29, 1.82) is 0 Å². The molecule has 0 atom stereocenters. The topological polar surface area (TPSA) is 54.0 Å². The summed E-state index contributed by atoms with van der Waals surface area (Å²) in [7, 11) is 0. The predicted octanol–water partition coefficient (Wildman–Crippen LogP) is 1.25. The molecule has 18 heavy (non-hydrogen) atoms. The van der Waals surface area contributed by atoms with Crippen molar-refractivity contribution < 1.29 is 23.7 Å². The largest absolute Gasteiger partial charge is 0.347 e. The van der Waals surface area contributed by atoms with Crippen molar-refractivity contribution in [3.05, 3.63) is 0 Å². The molecule has 1 saturated carbocycles. The molecule has 0 unspecified atom stereocenters. The molecule has 2 aliphatic heterocycles. The molecule has 3 aliphatic rings. The van der Waals surface area contributed by atoms with Crippen molar-refractivity contribution >= 4 is 6.29 Å². The number of carbonyl (C=O) groups excluding carboxylic acids is 1. The van der Waals surface area contributed by atoms with E-state index in [2.05, 4.69) is 0 Å². The second-order valence-electron chi connectivity index (χ2n) is 5.17. The first-order valence-electron chi connectivity index (χ1n) is 6.81. The van der Waals surface area contributed by atoms with Crippen molar-refractivity contribution in [2.75, 3.05) is 26.4 Å². The second-order valence-corrected chi connectivity index (χ2v) is 5.17. The Labute approximate surface area is 107 Å². The number of rotatable bonds is 3. The van der Waals surface area contributed by atoms with E-state index in [0.29, 0.717) is 39.3 Å². The Kier molecular flexibility index (Phi) is 3.40. The number of carbonyl (C=O) groups is 1. The highest BCUT2D eigenvalue weighted by Crippen LogP contribution is 2.51. The molecule has 0 bridgehead atoms. The molecule has 2 heterocycles. The zero-order valence-electron chi connectivity index (χ0n) is 10.6. The van der Waals surface area contributed by atoms with E-state index < -0.39 is 11.6 Å². The van der Waals surface area contributed by atoms with Gasteiger partial charge in [-0.15, -0.1) is 0 Å². The normalized spacial score (nSPS) is 30.2. The minimum Gasteiger partial charge on any atom is -0.347 e. The van der Waals surface area contributed by atoms with Gasteiger partial charge in [-0.1, -0.05) is 0 Å². The monoisotopic (exact) mass is 256 g/mol. The van der Waals surface area contributed by atoms with Crippen LogP contribution in [-0.4, -0.2) is 44.3 Å². The molecule has 0 aromatic carbocycles. The van der Waals surface area contributed by atoms with Crippen LogP contribution >= 0.6 is 0 Å². The zero-order chi connectivity index (χ0) is 12.5. The Balaban J connectivity index is 1.86. The molecular formula is C13H20O5. The summed E-state index contributed by atoms with van der Waals surface area (Å²) < 4.78 is 23.5. The smallest absolute Gasteiger partial charge is 0.176 e. The van der Waals surface area contributed by atoms with Crippen LogP contribution in [0.2, 0.25) is 0 Å². The van der Waals surface area contributed by atoms with Gasteiger partial charge in [0.25, 0.3) is 0 Å². The number of aldehydes is 1. The van der Waals surface area contributed by atoms with Crippen LogP contribution in [0.5, 0.6) is 0 Å². The molecule has 0 N–H and O–H groups in total. The van der Waals surface area contributed by atoms with Crippen LogP contribution in [0, 0.1) is 5.92 Å². The van der Waals surface area contributed by atoms with Crippen molar-refractivity contribution in [3.63, 3.8) is 0 Å². The summed E-state index contributed by atoms with van der Waals surface area (Å²) in [6.07, 6.45) is 4.84. The molecule has 3 fully saturated rings. The molecule has 0 radical (unpaired) electrons. The van der Waals surface area contributed by atoms with Crippen LogP contribution < -0.4 is 0 Å². The number of hydrogen-bond donors (Lipinski definition) is 0. The summed E-state index contributed by atoms with van der Waals surface area (Å²) in [4.78, 5) is 10.7. The number of ether oxygens (including phenoxy) is 4. The molecular weight excluding hydrogens is 236 g/mol. The summed E-state index contributed by atoms with van der Waals surface area (Å²) in [5, 5.41) is 0. The van der Waals surface area contributed by atoms with E-state index in [-0.39, 0.29) is 5.92 Å². The summed E-state index contributed by atoms with van der Waals surface area (Å²) in [5.41, 5.74) is 0. The lowest BCUT2D eigenvalue weighted by atomic mass is 9.75. The van der Waals surface area contributed by atoms with Gasteiger partial charge in [-0.3, -0.25) is 0 Å². The first-order valence-corrected chi connectivity index (χ1v) is 6.81. The molecule has 2 spiro atoms. The molecule has 0 aromatic rings. The Morgan fingerprint density at radius 2 is 1.44 bits per heavy atom. The lowest BCUT2D eigenvalue weighted by Crippen LogP contribution is -2.56. The third kappa shape index (κ3) is 1.90. The van der Waals surface area contributed by atoms with Crippen LogP contribution in [0.25, 0.3) is 0 Å².